The van der Waals surface area contributed by atoms with Gasteiger partial charge in [0.25, 0.3) is 0 Å². The van der Waals surface area contributed by atoms with Crippen molar-refractivity contribution in [1.82, 2.24) is 0 Å². The predicted octanol–water partition coefficient (Wildman–Crippen LogP) is 4.25. The van der Waals surface area contributed by atoms with Crippen LogP contribution in [0.15, 0.2) is 48.1 Å². The summed E-state index contributed by atoms with van der Waals surface area (Å²) in [4.78, 5) is 15.3. The Hall–Kier alpha value is -2.35. The summed E-state index contributed by atoms with van der Waals surface area (Å²) < 4.78 is 12.1. The van der Waals surface area contributed by atoms with E-state index in [-0.39, 0.29) is 17.8 Å². The average Bonchev–Trinajstić information content (AvgIpc) is 2.86. The summed E-state index contributed by atoms with van der Waals surface area (Å²) in [5.74, 6) is 0.490. The predicted molar refractivity (Wildman–Crippen MR) is 146 cm³/mol. The molecule has 2 aliphatic carbocycles. The van der Waals surface area contributed by atoms with Gasteiger partial charge in [-0.25, -0.2) is 4.79 Å². The van der Waals surface area contributed by atoms with Crippen molar-refractivity contribution < 1.29 is 29.6 Å². The highest BCUT2D eigenvalue weighted by molar-refractivity contribution is 5.75. The quantitative estimate of drug-likeness (QED) is 0.358. The van der Waals surface area contributed by atoms with Crippen molar-refractivity contribution in [2.24, 2.45) is 17.8 Å². The zero-order valence-corrected chi connectivity index (χ0v) is 22.9. The SMILES string of the molecule is CCC(Oc1cccc(N(C)C)c1)C(=O)O[C@H]1C[C@H](O)C=C2C=C[C@H](C)[C@H](CC[C@@H](O)C[C@H](O)CC)[C@H]21. The highest BCUT2D eigenvalue weighted by Crippen LogP contribution is 2.44. The van der Waals surface area contributed by atoms with Crippen LogP contribution < -0.4 is 9.64 Å². The van der Waals surface area contributed by atoms with Gasteiger partial charge in [-0.1, -0.05) is 45.1 Å². The molecule has 0 heterocycles. The number of aliphatic hydroxyl groups is 3. The van der Waals surface area contributed by atoms with Gasteiger partial charge >= 0.3 is 5.97 Å². The van der Waals surface area contributed by atoms with Gasteiger partial charge in [-0.2, -0.15) is 0 Å². The number of nitrogens with zero attached hydrogens (tertiary/aromatic N) is 1. The maximum Gasteiger partial charge on any atom is 0.347 e. The minimum Gasteiger partial charge on any atom is -0.479 e. The highest BCUT2D eigenvalue weighted by Gasteiger charge is 2.42. The standard InChI is InChI=1S/C30H45NO6/c1-6-22(32)17-23(33)13-14-26-19(3)11-12-20-15-24(34)18-28(29(20)26)37-30(35)27(7-2)36-25-10-8-9-21(16-25)31(4)5/h8-12,15-16,19,22-24,26-29,32-34H,6-7,13-14,17-18H2,1-5H3/t19-,22+,23+,24+,26-,27?,28-,29-/m0/s1. The Labute approximate surface area is 221 Å². The maximum atomic E-state index is 13.3. The van der Waals surface area contributed by atoms with Crippen LogP contribution in [0.25, 0.3) is 0 Å². The fraction of sp³-hybridized carbons (Fsp3) is 0.633. The molecule has 7 nitrogen and oxygen atoms in total. The lowest BCUT2D eigenvalue weighted by atomic mass is 9.66. The van der Waals surface area contributed by atoms with Crippen LogP contribution >= 0.6 is 0 Å². The summed E-state index contributed by atoms with van der Waals surface area (Å²) in [5, 5.41) is 30.9. The number of aliphatic hydroxyl groups excluding tert-OH is 3. The zero-order chi connectivity index (χ0) is 27.1. The van der Waals surface area contributed by atoms with E-state index in [2.05, 4.69) is 13.0 Å². The van der Waals surface area contributed by atoms with E-state index < -0.39 is 36.5 Å². The van der Waals surface area contributed by atoms with Gasteiger partial charge < -0.3 is 29.7 Å². The first-order valence-electron chi connectivity index (χ1n) is 13.7. The van der Waals surface area contributed by atoms with Crippen molar-refractivity contribution >= 4 is 11.7 Å². The molecule has 0 amide bonds. The molecular weight excluding hydrogens is 470 g/mol. The number of hydrogen-bond donors (Lipinski definition) is 3. The van der Waals surface area contributed by atoms with Crippen molar-refractivity contribution in [1.29, 1.82) is 0 Å². The Kier molecular flexibility index (Phi) is 10.6. The van der Waals surface area contributed by atoms with Crippen molar-refractivity contribution in [3.8, 4) is 5.75 Å². The lowest BCUT2D eigenvalue weighted by Gasteiger charge is -2.43. The number of allylic oxidation sites excluding steroid dienone is 2. The molecule has 0 saturated heterocycles. The van der Waals surface area contributed by atoms with Gasteiger partial charge in [-0.05, 0) is 61.6 Å². The molecule has 1 aromatic rings. The molecule has 0 spiro atoms. The largest absolute Gasteiger partial charge is 0.479 e. The molecule has 206 valence electrons. The van der Waals surface area contributed by atoms with E-state index >= 15 is 0 Å². The van der Waals surface area contributed by atoms with Crippen molar-refractivity contribution in [3.05, 3.63) is 48.1 Å². The summed E-state index contributed by atoms with van der Waals surface area (Å²) >= 11 is 0. The summed E-state index contributed by atoms with van der Waals surface area (Å²) in [7, 11) is 3.90. The lowest BCUT2D eigenvalue weighted by molar-refractivity contribution is -0.163. The molecule has 3 N–H and O–H groups in total. The Morgan fingerprint density at radius 3 is 2.59 bits per heavy atom. The number of carbonyl (C=O) groups excluding carboxylic acids is 1. The third-order valence-corrected chi connectivity index (χ3v) is 7.74. The van der Waals surface area contributed by atoms with Crippen LogP contribution in [0.4, 0.5) is 5.69 Å². The van der Waals surface area contributed by atoms with E-state index in [9.17, 15) is 20.1 Å². The monoisotopic (exact) mass is 515 g/mol. The molecule has 8 atom stereocenters. The van der Waals surface area contributed by atoms with Crippen molar-refractivity contribution in [2.75, 3.05) is 19.0 Å². The molecule has 37 heavy (non-hydrogen) atoms. The lowest BCUT2D eigenvalue weighted by Crippen LogP contribution is -2.44. The van der Waals surface area contributed by atoms with E-state index in [1.54, 1.807) is 0 Å². The molecular formula is C30H45NO6. The number of anilines is 1. The molecule has 0 saturated carbocycles. The van der Waals surface area contributed by atoms with Crippen molar-refractivity contribution in [2.45, 2.75) is 89.8 Å². The van der Waals surface area contributed by atoms with Crippen LogP contribution in [-0.4, -0.2) is 65.9 Å². The van der Waals surface area contributed by atoms with Crippen molar-refractivity contribution in [3.63, 3.8) is 0 Å². The molecule has 0 bridgehead atoms. The van der Waals surface area contributed by atoms with E-state index in [4.69, 9.17) is 9.47 Å². The number of hydrogen-bond acceptors (Lipinski definition) is 7. The third-order valence-electron chi connectivity index (χ3n) is 7.74. The minimum absolute atomic E-state index is 0.0646. The number of esters is 1. The number of carbonyl (C=O) groups is 1. The molecule has 1 aromatic carbocycles. The Balaban J connectivity index is 1.73. The molecule has 7 heteroatoms. The summed E-state index contributed by atoms with van der Waals surface area (Å²) in [6.45, 7) is 5.94. The second kappa shape index (κ2) is 13.4. The van der Waals surface area contributed by atoms with Crippen LogP contribution in [0.1, 0.15) is 59.3 Å². The minimum atomic E-state index is -0.753. The smallest absolute Gasteiger partial charge is 0.347 e. The number of benzene rings is 1. The van der Waals surface area contributed by atoms with Gasteiger partial charge in [0.1, 0.15) is 11.9 Å². The molecule has 3 rings (SSSR count). The van der Waals surface area contributed by atoms with Gasteiger partial charge in [0.15, 0.2) is 6.10 Å². The van der Waals surface area contributed by atoms with Crippen LogP contribution in [0.3, 0.4) is 0 Å². The number of fused-ring (bicyclic) bond motifs is 1. The van der Waals surface area contributed by atoms with Gasteiger partial charge in [-0.15, -0.1) is 0 Å². The van der Waals surface area contributed by atoms with Crippen LogP contribution in [0.5, 0.6) is 5.75 Å². The Bertz CT molecular complexity index is 944. The molecule has 0 fully saturated rings. The van der Waals surface area contributed by atoms with Crippen LogP contribution in [-0.2, 0) is 9.53 Å². The fourth-order valence-corrected chi connectivity index (χ4v) is 5.49. The first-order chi connectivity index (χ1) is 17.6. The first kappa shape index (κ1) is 29.2. The van der Waals surface area contributed by atoms with Gasteiger partial charge in [0.05, 0.1) is 18.3 Å². The normalized spacial score (nSPS) is 27.5. The van der Waals surface area contributed by atoms with Gasteiger partial charge in [0.2, 0.25) is 0 Å². The number of rotatable bonds is 12. The molecule has 2 aliphatic rings. The van der Waals surface area contributed by atoms with Gasteiger partial charge in [-0.3, -0.25) is 0 Å². The Morgan fingerprint density at radius 1 is 1.16 bits per heavy atom. The molecule has 0 radical (unpaired) electrons. The third kappa shape index (κ3) is 7.82. The average molecular weight is 516 g/mol. The Morgan fingerprint density at radius 2 is 1.92 bits per heavy atom. The fourth-order valence-electron chi connectivity index (χ4n) is 5.49. The molecule has 0 aliphatic heterocycles. The van der Waals surface area contributed by atoms with E-state index in [1.807, 2.05) is 69.3 Å². The maximum absolute atomic E-state index is 13.3. The van der Waals surface area contributed by atoms with E-state index in [0.717, 1.165) is 17.7 Å². The highest BCUT2D eigenvalue weighted by atomic mass is 16.6. The zero-order valence-electron chi connectivity index (χ0n) is 22.9. The second-order valence-corrected chi connectivity index (χ2v) is 10.8. The summed E-state index contributed by atoms with van der Waals surface area (Å²) in [6, 6.07) is 7.59. The van der Waals surface area contributed by atoms with Crippen LogP contribution in [0, 0.1) is 17.8 Å². The van der Waals surface area contributed by atoms with Crippen LogP contribution in [0.2, 0.25) is 0 Å². The summed E-state index contributed by atoms with van der Waals surface area (Å²) in [5.41, 5.74) is 1.96. The van der Waals surface area contributed by atoms with Gasteiger partial charge in [0, 0.05) is 38.2 Å². The van der Waals surface area contributed by atoms with E-state index in [0.29, 0.717) is 37.9 Å². The molecule has 0 aromatic heterocycles. The number of ether oxygens (including phenoxy) is 2. The summed E-state index contributed by atoms with van der Waals surface area (Å²) in [6.07, 6.45) is 6.10. The topological polar surface area (TPSA) is 99.5 Å². The van der Waals surface area contributed by atoms with E-state index in [1.165, 1.54) is 0 Å². The second-order valence-electron chi connectivity index (χ2n) is 10.8. The molecule has 1 unspecified atom stereocenters. The first-order valence-corrected chi connectivity index (χ1v) is 13.7.